The smallest absolute Gasteiger partial charge is 0.135 e. The first-order valence-corrected chi connectivity index (χ1v) is 5.99. The summed E-state index contributed by atoms with van der Waals surface area (Å²) in [7, 11) is 0. The highest BCUT2D eigenvalue weighted by atomic mass is 35.5. The van der Waals surface area contributed by atoms with Crippen LogP contribution in [-0.2, 0) is 0 Å². The van der Waals surface area contributed by atoms with Crippen LogP contribution in [0.4, 0.5) is 0 Å². The monoisotopic (exact) mass is 307 g/mol. The Hall–Kier alpha value is -0.670. The molecule has 0 spiro atoms. The maximum atomic E-state index is 9.23. The SMILES string of the molecule is Oc1cnc(-c2c(Cl)cc(Cl)cc2Cl)c(Cl)c1. The number of halogens is 4. The Balaban J connectivity index is 2.68. The predicted molar refractivity (Wildman–Crippen MR) is 71.4 cm³/mol. The second-order valence-electron chi connectivity index (χ2n) is 3.27. The van der Waals surface area contributed by atoms with E-state index in [2.05, 4.69) is 4.98 Å². The van der Waals surface area contributed by atoms with Crippen LogP contribution in [0.3, 0.4) is 0 Å². The Bertz CT molecular complexity index is 563. The molecule has 0 radical (unpaired) electrons. The van der Waals surface area contributed by atoms with Crippen molar-refractivity contribution in [1.29, 1.82) is 0 Å². The van der Waals surface area contributed by atoms with Gasteiger partial charge in [0.15, 0.2) is 0 Å². The summed E-state index contributed by atoms with van der Waals surface area (Å²) in [4.78, 5) is 4.01. The molecule has 0 aliphatic heterocycles. The molecule has 88 valence electrons. The van der Waals surface area contributed by atoms with Gasteiger partial charge in [0.2, 0.25) is 0 Å². The van der Waals surface area contributed by atoms with Crippen LogP contribution in [0.5, 0.6) is 5.75 Å². The van der Waals surface area contributed by atoms with Gasteiger partial charge in [0.05, 0.1) is 27.0 Å². The molecule has 2 aromatic rings. The minimum Gasteiger partial charge on any atom is -0.506 e. The Morgan fingerprint density at radius 1 is 0.882 bits per heavy atom. The van der Waals surface area contributed by atoms with Crippen molar-refractivity contribution in [2.45, 2.75) is 0 Å². The molecule has 0 aliphatic carbocycles. The summed E-state index contributed by atoms with van der Waals surface area (Å²) >= 11 is 23.9. The molecule has 0 fully saturated rings. The summed E-state index contributed by atoms with van der Waals surface area (Å²) in [6, 6.07) is 4.47. The average molecular weight is 309 g/mol. The van der Waals surface area contributed by atoms with Crippen molar-refractivity contribution in [3.8, 4) is 17.0 Å². The predicted octanol–water partition coefficient (Wildman–Crippen LogP) is 5.07. The summed E-state index contributed by atoms with van der Waals surface area (Å²) in [6.07, 6.45) is 1.27. The summed E-state index contributed by atoms with van der Waals surface area (Å²) in [5.74, 6) is -0.0278. The van der Waals surface area contributed by atoms with Gasteiger partial charge in [0.25, 0.3) is 0 Å². The molecule has 0 amide bonds. The molecule has 0 atom stereocenters. The van der Waals surface area contributed by atoms with Crippen LogP contribution >= 0.6 is 46.4 Å². The second kappa shape index (κ2) is 4.91. The van der Waals surface area contributed by atoms with E-state index in [0.29, 0.717) is 26.3 Å². The van der Waals surface area contributed by atoms with Crippen LogP contribution in [0.2, 0.25) is 20.1 Å². The zero-order valence-electron chi connectivity index (χ0n) is 8.22. The van der Waals surface area contributed by atoms with Gasteiger partial charge < -0.3 is 5.11 Å². The van der Waals surface area contributed by atoms with Gasteiger partial charge >= 0.3 is 0 Å². The highest BCUT2D eigenvalue weighted by Gasteiger charge is 2.15. The molecule has 1 heterocycles. The molecule has 0 saturated carbocycles. The number of pyridine rings is 1. The van der Waals surface area contributed by atoms with Crippen molar-refractivity contribution >= 4 is 46.4 Å². The molecule has 6 heteroatoms. The Morgan fingerprint density at radius 2 is 1.47 bits per heavy atom. The fraction of sp³-hybridized carbons (Fsp3) is 0. The van der Waals surface area contributed by atoms with Crippen molar-refractivity contribution < 1.29 is 5.11 Å². The molecular weight excluding hydrogens is 304 g/mol. The molecule has 2 rings (SSSR count). The van der Waals surface area contributed by atoms with Gasteiger partial charge in [-0.1, -0.05) is 46.4 Å². The number of aromatic hydroxyl groups is 1. The quantitative estimate of drug-likeness (QED) is 0.798. The van der Waals surface area contributed by atoms with E-state index in [1.807, 2.05) is 0 Å². The zero-order chi connectivity index (χ0) is 12.6. The van der Waals surface area contributed by atoms with Gasteiger partial charge in [0, 0.05) is 16.7 Å². The van der Waals surface area contributed by atoms with E-state index in [0.717, 1.165) is 0 Å². The van der Waals surface area contributed by atoms with Crippen LogP contribution < -0.4 is 0 Å². The maximum Gasteiger partial charge on any atom is 0.135 e. The van der Waals surface area contributed by atoms with E-state index in [-0.39, 0.29) is 10.8 Å². The first-order chi connectivity index (χ1) is 7.99. The van der Waals surface area contributed by atoms with Crippen LogP contribution in [0, 0.1) is 0 Å². The van der Waals surface area contributed by atoms with Gasteiger partial charge in [-0.25, -0.2) is 0 Å². The summed E-state index contributed by atoms with van der Waals surface area (Å²) in [5, 5.41) is 10.6. The van der Waals surface area contributed by atoms with Gasteiger partial charge in [-0.2, -0.15) is 0 Å². The van der Waals surface area contributed by atoms with Crippen molar-refractivity contribution in [1.82, 2.24) is 4.98 Å². The van der Waals surface area contributed by atoms with Crippen molar-refractivity contribution in [2.75, 3.05) is 0 Å². The minimum atomic E-state index is -0.0278. The number of rotatable bonds is 1. The zero-order valence-corrected chi connectivity index (χ0v) is 11.2. The number of aromatic nitrogens is 1. The third-order valence-corrected chi connectivity index (χ3v) is 3.17. The summed E-state index contributed by atoms with van der Waals surface area (Å²) in [6.45, 7) is 0. The van der Waals surface area contributed by atoms with E-state index >= 15 is 0 Å². The van der Waals surface area contributed by atoms with E-state index < -0.39 is 0 Å². The molecule has 0 saturated heterocycles. The maximum absolute atomic E-state index is 9.23. The molecule has 0 unspecified atom stereocenters. The lowest BCUT2D eigenvalue weighted by atomic mass is 10.1. The normalized spacial score (nSPS) is 10.6. The average Bonchev–Trinajstić information content (AvgIpc) is 2.19. The first-order valence-electron chi connectivity index (χ1n) is 4.48. The van der Waals surface area contributed by atoms with Gasteiger partial charge in [-0.15, -0.1) is 0 Å². The molecule has 2 nitrogen and oxygen atoms in total. The molecule has 1 aromatic carbocycles. The van der Waals surface area contributed by atoms with Gasteiger partial charge in [0.1, 0.15) is 5.75 Å². The van der Waals surface area contributed by atoms with E-state index in [9.17, 15) is 5.11 Å². The minimum absolute atomic E-state index is 0.0278. The third kappa shape index (κ3) is 2.61. The topological polar surface area (TPSA) is 33.1 Å². The van der Waals surface area contributed by atoms with Gasteiger partial charge in [-0.05, 0) is 12.1 Å². The van der Waals surface area contributed by atoms with Crippen LogP contribution in [-0.4, -0.2) is 10.1 Å². The number of benzene rings is 1. The fourth-order valence-electron chi connectivity index (χ4n) is 1.38. The molecular formula is C11H5Cl4NO. The Morgan fingerprint density at radius 3 is 2.00 bits per heavy atom. The Kier molecular flexibility index (Phi) is 3.69. The molecule has 1 aromatic heterocycles. The van der Waals surface area contributed by atoms with Crippen molar-refractivity contribution in [2.24, 2.45) is 0 Å². The largest absolute Gasteiger partial charge is 0.506 e. The van der Waals surface area contributed by atoms with Gasteiger partial charge in [-0.3, -0.25) is 4.98 Å². The lowest BCUT2D eigenvalue weighted by Gasteiger charge is -2.09. The van der Waals surface area contributed by atoms with E-state index in [1.165, 1.54) is 12.3 Å². The van der Waals surface area contributed by atoms with E-state index in [1.54, 1.807) is 12.1 Å². The van der Waals surface area contributed by atoms with Crippen LogP contribution in [0.15, 0.2) is 24.4 Å². The van der Waals surface area contributed by atoms with Crippen LogP contribution in [0.1, 0.15) is 0 Å². The number of nitrogens with zero attached hydrogens (tertiary/aromatic N) is 1. The third-order valence-electron chi connectivity index (χ3n) is 2.07. The fourth-order valence-corrected chi connectivity index (χ4v) is 2.63. The van der Waals surface area contributed by atoms with Crippen molar-refractivity contribution in [3.05, 3.63) is 44.5 Å². The summed E-state index contributed by atoms with van der Waals surface area (Å²) in [5.41, 5.74) is 0.888. The Labute approximate surface area is 118 Å². The molecule has 1 N–H and O–H groups in total. The standard InChI is InChI=1S/C11H5Cl4NO/c12-5-1-7(13)10(8(14)2-5)11-9(15)3-6(17)4-16-11/h1-4,17H. The lowest BCUT2D eigenvalue weighted by molar-refractivity contribution is 0.473. The second-order valence-corrected chi connectivity index (χ2v) is 4.93. The lowest BCUT2D eigenvalue weighted by Crippen LogP contribution is -1.88. The van der Waals surface area contributed by atoms with E-state index in [4.69, 9.17) is 46.4 Å². The number of hydrogen-bond donors (Lipinski definition) is 1. The first kappa shape index (κ1) is 12.8. The number of hydrogen-bond acceptors (Lipinski definition) is 2. The molecule has 17 heavy (non-hydrogen) atoms. The highest BCUT2D eigenvalue weighted by Crippen LogP contribution is 2.39. The molecule has 0 aliphatic rings. The van der Waals surface area contributed by atoms with Crippen molar-refractivity contribution in [3.63, 3.8) is 0 Å². The van der Waals surface area contributed by atoms with Crippen LogP contribution in [0.25, 0.3) is 11.3 Å². The summed E-state index contributed by atoms with van der Waals surface area (Å²) < 4.78 is 0. The molecule has 0 bridgehead atoms. The highest BCUT2D eigenvalue weighted by molar-refractivity contribution is 6.43.